The molecule has 0 aliphatic heterocycles. The number of ether oxygens (including phenoxy) is 1. The lowest BCUT2D eigenvalue weighted by atomic mass is 9.83. The number of anilines is 1. The van der Waals surface area contributed by atoms with Gasteiger partial charge in [-0.2, -0.15) is 0 Å². The third kappa shape index (κ3) is 9.24. The molecule has 0 spiro atoms. The minimum atomic E-state index is 0.243. The molecule has 0 aromatic heterocycles. The highest BCUT2D eigenvalue weighted by Gasteiger charge is 2.21. The van der Waals surface area contributed by atoms with Crippen LogP contribution in [0.5, 0.6) is 0 Å². The smallest absolute Gasteiger partial charge is 0.170 e. The monoisotopic (exact) mass is 350 g/mol. The molecule has 4 heteroatoms. The summed E-state index contributed by atoms with van der Waals surface area (Å²) in [6.45, 7) is 13.7. The molecule has 2 N–H and O–H groups in total. The van der Waals surface area contributed by atoms with Crippen molar-refractivity contribution in [2.45, 2.75) is 47.5 Å². The maximum absolute atomic E-state index is 5.95. The number of hydrogen-bond acceptors (Lipinski definition) is 2. The summed E-state index contributed by atoms with van der Waals surface area (Å²) < 4.78 is 5.95. The van der Waals surface area contributed by atoms with Gasteiger partial charge in [0, 0.05) is 12.2 Å². The first kappa shape index (κ1) is 20.9. The number of thiocarbonyl (C=S) groups is 1. The van der Waals surface area contributed by atoms with Crippen LogP contribution in [0.15, 0.2) is 30.3 Å². The van der Waals surface area contributed by atoms with Crippen LogP contribution in [0.3, 0.4) is 0 Å². The van der Waals surface area contributed by atoms with Crippen molar-refractivity contribution >= 4 is 23.0 Å². The quantitative estimate of drug-likeness (QED) is 0.576. The highest BCUT2D eigenvalue weighted by molar-refractivity contribution is 7.80. The first-order chi connectivity index (χ1) is 11.3. The second-order valence-electron chi connectivity index (χ2n) is 7.70. The first-order valence-corrected chi connectivity index (χ1v) is 9.41. The highest BCUT2D eigenvalue weighted by atomic mass is 32.1. The highest BCUT2D eigenvalue weighted by Crippen LogP contribution is 2.27. The molecule has 0 bridgehead atoms. The van der Waals surface area contributed by atoms with Crippen molar-refractivity contribution in [3.8, 4) is 0 Å². The van der Waals surface area contributed by atoms with Crippen LogP contribution < -0.4 is 10.6 Å². The van der Waals surface area contributed by atoms with E-state index in [-0.39, 0.29) is 5.41 Å². The standard InChI is InChI=1S/C20H34N2OS/c1-6-16(2)12-20(4,5)15-23-14-17(3)13-21-19(24)22-18-10-8-7-9-11-18/h7-11,16-17H,6,12-15H2,1-5H3,(H2,21,22,24). The Bertz CT molecular complexity index is 476. The van der Waals surface area contributed by atoms with Crippen LogP contribution in [0, 0.1) is 17.3 Å². The summed E-state index contributed by atoms with van der Waals surface area (Å²) in [5.41, 5.74) is 1.25. The predicted molar refractivity (Wildman–Crippen MR) is 109 cm³/mol. The minimum Gasteiger partial charge on any atom is -0.381 e. The Morgan fingerprint density at radius 2 is 1.83 bits per heavy atom. The number of benzene rings is 1. The van der Waals surface area contributed by atoms with Gasteiger partial charge < -0.3 is 15.4 Å². The predicted octanol–water partition coefficient (Wildman–Crippen LogP) is 5.09. The van der Waals surface area contributed by atoms with E-state index in [1.165, 1.54) is 12.8 Å². The Morgan fingerprint density at radius 3 is 2.46 bits per heavy atom. The third-order valence-electron chi connectivity index (χ3n) is 4.14. The van der Waals surface area contributed by atoms with Crippen molar-refractivity contribution in [1.29, 1.82) is 0 Å². The summed E-state index contributed by atoms with van der Waals surface area (Å²) in [7, 11) is 0. The lowest BCUT2D eigenvalue weighted by molar-refractivity contribution is 0.0337. The van der Waals surface area contributed by atoms with Gasteiger partial charge in [0.1, 0.15) is 0 Å². The Balaban J connectivity index is 2.19. The third-order valence-corrected chi connectivity index (χ3v) is 4.38. The van der Waals surface area contributed by atoms with Gasteiger partial charge in [0.05, 0.1) is 13.2 Å². The van der Waals surface area contributed by atoms with E-state index in [4.69, 9.17) is 17.0 Å². The molecule has 136 valence electrons. The van der Waals surface area contributed by atoms with Crippen LogP contribution in [-0.2, 0) is 4.74 Å². The van der Waals surface area contributed by atoms with E-state index in [1.54, 1.807) is 0 Å². The molecule has 24 heavy (non-hydrogen) atoms. The molecule has 0 aliphatic carbocycles. The fourth-order valence-corrected chi connectivity index (χ4v) is 2.91. The SMILES string of the molecule is CCC(C)CC(C)(C)COCC(C)CNC(=S)Nc1ccccc1. The van der Waals surface area contributed by atoms with Crippen molar-refractivity contribution in [2.75, 3.05) is 25.1 Å². The van der Waals surface area contributed by atoms with Gasteiger partial charge in [-0.15, -0.1) is 0 Å². The van der Waals surface area contributed by atoms with Crippen molar-refractivity contribution in [1.82, 2.24) is 5.32 Å². The van der Waals surface area contributed by atoms with Gasteiger partial charge >= 0.3 is 0 Å². The average molecular weight is 351 g/mol. The molecule has 1 aromatic carbocycles. The molecular weight excluding hydrogens is 316 g/mol. The molecule has 2 unspecified atom stereocenters. The van der Waals surface area contributed by atoms with Gasteiger partial charge in [-0.25, -0.2) is 0 Å². The summed E-state index contributed by atoms with van der Waals surface area (Å²) in [6.07, 6.45) is 2.44. The molecule has 0 fully saturated rings. The second kappa shape index (κ2) is 10.7. The minimum absolute atomic E-state index is 0.243. The number of hydrogen-bond donors (Lipinski definition) is 2. The van der Waals surface area contributed by atoms with E-state index in [2.05, 4.69) is 45.3 Å². The molecule has 0 saturated carbocycles. The fourth-order valence-electron chi connectivity index (χ4n) is 2.71. The zero-order valence-electron chi connectivity index (χ0n) is 15.9. The van der Waals surface area contributed by atoms with Crippen molar-refractivity contribution in [3.63, 3.8) is 0 Å². The Labute approximate surface area is 153 Å². The van der Waals surface area contributed by atoms with Gasteiger partial charge in [0.25, 0.3) is 0 Å². The van der Waals surface area contributed by atoms with Crippen molar-refractivity contribution in [3.05, 3.63) is 30.3 Å². The van der Waals surface area contributed by atoms with E-state index in [1.807, 2.05) is 30.3 Å². The van der Waals surface area contributed by atoms with Crippen LogP contribution in [-0.4, -0.2) is 24.9 Å². The van der Waals surface area contributed by atoms with E-state index in [9.17, 15) is 0 Å². The summed E-state index contributed by atoms with van der Waals surface area (Å²) in [4.78, 5) is 0. The molecule has 0 heterocycles. The molecule has 1 aromatic rings. The Morgan fingerprint density at radius 1 is 1.17 bits per heavy atom. The van der Waals surface area contributed by atoms with E-state index in [0.717, 1.165) is 31.4 Å². The van der Waals surface area contributed by atoms with Crippen LogP contribution in [0.1, 0.15) is 47.5 Å². The Hall–Kier alpha value is -1.13. The fraction of sp³-hybridized carbons (Fsp3) is 0.650. The summed E-state index contributed by atoms with van der Waals surface area (Å²) in [6, 6.07) is 9.97. The molecule has 0 amide bonds. The topological polar surface area (TPSA) is 33.3 Å². The zero-order chi connectivity index (χ0) is 18.0. The molecule has 1 rings (SSSR count). The number of nitrogens with one attached hydrogen (secondary N) is 2. The Kier molecular flexibility index (Phi) is 9.30. The van der Waals surface area contributed by atoms with Gasteiger partial charge in [-0.3, -0.25) is 0 Å². The van der Waals surface area contributed by atoms with Crippen molar-refractivity contribution < 1.29 is 4.74 Å². The van der Waals surface area contributed by atoms with Gasteiger partial charge in [-0.05, 0) is 48.0 Å². The van der Waals surface area contributed by atoms with Crippen LogP contribution in [0.2, 0.25) is 0 Å². The molecule has 2 atom stereocenters. The average Bonchev–Trinajstić information content (AvgIpc) is 2.53. The van der Waals surface area contributed by atoms with Crippen LogP contribution >= 0.6 is 12.2 Å². The van der Waals surface area contributed by atoms with E-state index >= 15 is 0 Å². The molecule has 0 saturated heterocycles. The van der Waals surface area contributed by atoms with Crippen LogP contribution in [0.25, 0.3) is 0 Å². The summed E-state index contributed by atoms with van der Waals surface area (Å²) in [5, 5.41) is 7.10. The molecule has 3 nitrogen and oxygen atoms in total. The van der Waals surface area contributed by atoms with E-state index < -0.39 is 0 Å². The molecule has 0 aliphatic rings. The number of para-hydroxylation sites is 1. The van der Waals surface area contributed by atoms with Crippen LogP contribution in [0.4, 0.5) is 5.69 Å². The normalized spacial score (nSPS) is 14.0. The summed E-state index contributed by atoms with van der Waals surface area (Å²) >= 11 is 5.32. The second-order valence-corrected chi connectivity index (χ2v) is 8.11. The maximum Gasteiger partial charge on any atom is 0.170 e. The van der Waals surface area contributed by atoms with Gasteiger partial charge in [-0.1, -0.05) is 59.2 Å². The zero-order valence-corrected chi connectivity index (χ0v) is 16.7. The lowest BCUT2D eigenvalue weighted by Crippen LogP contribution is -2.34. The maximum atomic E-state index is 5.95. The number of rotatable bonds is 10. The summed E-state index contributed by atoms with van der Waals surface area (Å²) in [5.74, 6) is 1.17. The van der Waals surface area contributed by atoms with Gasteiger partial charge in [0.2, 0.25) is 0 Å². The van der Waals surface area contributed by atoms with Gasteiger partial charge in [0.15, 0.2) is 5.11 Å². The molecular formula is C20H34N2OS. The lowest BCUT2D eigenvalue weighted by Gasteiger charge is -2.28. The first-order valence-electron chi connectivity index (χ1n) is 9.00. The largest absolute Gasteiger partial charge is 0.381 e. The molecule has 0 radical (unpaired) electrons. The van der Waals surface area contributed by atoms with Crippen molar-refractivity contribution in [2.24, 2.45) is 17.3 Å². The van der Waals surface area contributed by atoms with E-state index in [0.29, 0.717) is 11.0 Å².